The monoisotopic (exact) mass is 309 g/mol. The van der Waals surface area contributed by atoms with E-state index >= 15 is 0 Å². The Hall–Kier alpha value is -3.17. The predicted octanol–water partition coefficient (Wildman–Crippen LogP) is -0.547. The zero-order chi connectivity index (χ0) is 16.3. The number of alkyl carbamates (subject to hydrolysis) is 1. The molecule has 2 heterocycles. The minimum Gasteiger partial charge on any atom is -0.467 e. The SMILES string of the molecule is COC(=O)NC(=O)CN1C(=O)C(=O)N(Cc2ccco2)C1=O. The summed E-state index contributed by atoms with van der Waals surface area (Å²) >= 11 is 0. The van der Waals surface area contributed by atoms with Crippen molar-refractivity contribution in [1.29, 1.82) is 0 Å². The highest BCUT2D eigenvalue weighted by Crippen LogP contribution is 2.15. The van der Waals surface area contributed by atoms with Crippen LogP contribution in [0.3, 0.4) is 0 Å². The van der Waals surface area contributed by atoms with Gasteiger partial charge in [-0.3, -0.25) is 19.7 Å². The molecule has 2 rings (SSSR count). The number of methoxy groups -OCH3 is 1. The van der Waals surface area contributed by atoms with Gasteiger partial charge in [0.05, 0.1) is 19.9 Å². The van der Waals surface area contributed by atoms with Gasteiger partial charge in [-0.25, -0.2) is 19.4 Å². The standard InChI is InChI=1S/C12H11N3O7/c1-21-11(19)13-8(16)6-15-10(18)9(17)14(12(15)20)5-7-3-2-4-22-7/h2-4H,5-6H2,1H3,(H,13,16,19). The molecule has 1 aliphatic rings. The molecule has 6 amide bonds. The van der Waals surface area contributed by atoms with Crippen LogP contribution in [-0.4, -0.2) is 53.3 Å². The summed E-state index contributed by atoms with van der Waals surface area (Å²) in [7, 11) is 1.05. The van der Waals surface area contributed by atoms with E-state index in [-0.39, 0.29) is 6.54 Å². The van der Waals surface area contributed by atoms with Gasteiger partial charge in [-0.1, -0.05) is 0 Å². The molecule has 10 nitrogen and oxygen atoms in total. The van der Waals surface area contributed by atoms with Gasteiger partial charge in [0.15, 0.2) is 0 Å². The van der Waals surface area contributed by atoms with E-state index in [4.69, 9.17) is 4.42 Å². The fourth-order valence-electron chi connectivity index (χ4n) is 1.74. The molecule has 0 aliphatic carbocycles. The quantitative estimate of drug-likeness (QED) is 0.584. The molecule has 1 saturated heterocycles. The number of amides is 6. The summed E-state index contributed by atoms with van der Waals surface area (Å²) in [4.78, 5) is 58.9. The Kier molecular flexibility index (Phi) is 4.20. The first-order valence-electron chi connectivity index (χ1n) is 6.01. The van der Waals surface area contributed by atoms with Gasteiger partial charge in [0.1, 0.15) is 12.3 Å². The lowest BCUT2D eigenvalue weighted by Crippen LogP contribution is -2.43. The molecule has 10 heteroatoms. The fraction of sp³-hybridized carbons (Fsp3) is 0.250. The van der Waals surface area contributed by atoms with E-state index in [9.17, 15) is 24.0 Å². The molecule has 22 heavy (non-hydrogen) atoms. The Labute approximate surface area is 123 Å². The molecule has 0 saturated carbocycles. The third kappa shape index (κ3) is 2.95. The van der Waals surface area contributed by atoms with Gasteiger partial charge >= 0.3 is 23.9 Å². The number of nitrogens with zero attached hydrogens (tertiary/aromatic N) is 2. The first-order chi connectivity index (χ1) is 10.4. The molecule has 0 unspecified atom stereocenters. The van der Waals surface area contributed by atoms with Gasteiger partial charge in [0.25, 0.3) is 0 Å². The summed E-state index contributed by atoms with van der Waals surface area (Å²) in [6.07, 6.45) is 0.312. The van der Waals surface area contributed by atoms with Crippen LogP contribution in [0.25, 0.3) is 0 Å². The van der Waals surface area contributed by atoms with Gasteiger partial charge in [-0.2, -0.15) is 0 Å². The number of rotatable bonds is 4. The highest BCUT2D eigenvalue weighted by molar-refractivity contribution is 6.45. The number of ether oxygens (including phenoxy) is 1. The summed E-state index contributed by atoms with van der Waals surface area (Å²) in [6.45, 7) is -1.00. The summed E-state index contributed by atoms with van der Waals surface area (Å²) in [5.41, 5.74) is 0. The van der Waals surface area contributed by atoms with Crippen LogP contribution in [0, 0.1) is 0 Å². The fourth-order valence-corrected chi connectivity index (χ4v) is 1.74. The van der Waals surface area contributed by atoms with Crippen LogP contribution in [-0.2, 0) is 25.7 Å². The van der Waals surface area contributed by atoms with Crippen molar-refractivity contribution < 1.29 is 33.1 Å². The van der Waals surface area contributed by atoms with Gasteiger partial charge in [0, 0.05) is 0 Å². The van der Waals surface area contributed by atoms with Gasteiger partial charge in [-0.05, 0) is 12.1 Å². The Morgan fingerprint density at radius 3 is 2.50 bits per heavy atom. The van der Waals surface area contributed by atoms with E-state index in [1.807, 2.05) is 0 Å². The molecule has 1 aromatic heterocycles. The van der Waals surface area contributed by atoms with Crippen molar-refractivity contribution in [3.63, 3.8) is 0 Å². The lowest BCUT2D eigenvalue weighted by molar-refractivity contribution is -0.144. The van der Waals surface area contributed by atoms with E-state index in [0.29, 0.717) is 15.6 Å². The van der Waals surface area contributed by atoms with Gasteiger partial charge in [-0.15, -0.1) is 0 Å². The summed E-state index contributed by atoms with van der Waals surface area (Å²) in [5.74, 6) is -2.89. The van der Waals surface area contributed by atoms with Crippen LogP contribution in [0.15, 0.2) is 22.8 Å². The third-order valence-electron chi connectivity index (χ3n) is 2.76. The van der Waals surface area contributed by atoms with Gasteiger partial charge in [0.2, 0.25) is 5.91 Å². The Bertz CT molecular complexity index is 637. The molecule has 0 bridgehead atoms. The summed E-state index contributed by atoms with van der Waals surface area (Å²) in [5, 5.41) is 1.78. The molecular formula is C12H11N3O7. The van der Waals surface area contributed by atoms with Crippen molar-refractivity contribution in [2.75, 3.05) is 13.7 Å². The number of hydrogen-bond donors (Lipinski definition) is 1. The third-order valence-corrected chi connectivity index (χ3v) is 2.76. The van der Waals surface area contributed by atoms with Crippen molar-refractivity contribution in [1.82, 2.24) is 15.1 Å². The Balaban J connectivity index is 2.05. The van der Waals surface area contributed by atoms with Crippen LogP contribution in [0.1, 0.15) is 5.76 Å². The minimum absolute atomic E-state index is 0.231. The largest absolute Gasteiger partial charge is 0.467 e. The second-order valence-corrected chi connectivity index (χ2v) is 4.18. The lowest BCUT2D eigenvalue weighted by atomic mass is 10.4. The molecule has 1 N–H and O–H groups in total. The minimum atomic E-state index is -1.16. The van der Waals surface area contributed by atoms with Crippen LogP contribution in [0.4, 0.5) is 9.59 Å². The van der Waals surface area contributed by atoms with Crippen LogP contribution >= 0.6 is 0 Å². The smallest absolute Gasteiger partial charge is 0.413 e. The van der Waals surface area contributed by atoms with E-state index in [0.717, 1.165) is 7.11 Å². The average Bonchev–Trinajstić information content (AvgIpc) is 3.06. The maximum atomic E-state index is 12.0. The molecule has 116 valence electrons. The van der Waals surface area contributed by atoms with Crippen molar-refractivity contribution in [3.8, 4) is 0 Å². The Morgan fingerprint density at radius 2 is 1.91 bits per heavy atom. The normalized spacial score (nSPS) is 14.5. The molecule has 0 atom stereocenters. The van der Waals surface area contributed by atoms with Gasteiger partial charge < -0.3 is 9.15 Å². The average molecular weight is 309 g/mol. The maximum absolute atomic E-state index is 12.0. The van der Waals surface area contributed by atoms with E-state index in [1.54, 1.807) is 11.4 Å². The lowest BCUT2D eigenvalue weighted by Gasteiger charge is -2.13. The van der Waals surface area contributed by atoms with Crippen LogP contribution in [0.2, 0.25) is 0 Å². The number of furan rings is 1. The van der Waals surface area contributed by atoms with Crippen molar-refractivity contribution >= 4 is 29.8 Å². The van der Waals surface area contributed by atoms with Crippen molar-refractivity contribution in [2.24, 2.45) is 0 Å². The van der Waals surface area contributed by atoms with E-state index < -0.39 is 36.4 Å². The zero-order valence-electron chi connectivity index (χ0n) is 11.4. The second-order valence-electron chi connectivity index (χ2n) is 4.18. The highest BCUT2D eigenvalue weighted by Gasteiger charge is 2.45. The molecule has 1 aromatic rings. The molecular weight excluding hydrogens is 298 g/mol. The number of carbonyl (C=O) groups is 5. The molecule has 1 fully saturated rings. The topological polar surface area (TPSA) is 126 Å². The van der Waals surface area contributed by atoms with E-state index in [2.05, 4.69) is 4.74 Å². The molecule has 0 aromatic carbocycles. The summed E-state index contributed by atoms with van der Waals surface area (Å²) in [6, 6.07) is 2.12. The summed E-state index contributed by atoms with van der Waals surface area (Å²) < 4.78 is 9.20. The second kappa shape index (κ2) is 6.08. The first-order valence-corrected chi connectivity index (χ1v) is 6.01. The number of urea groups is 1. The zero-order valence-corrected chi connectivity index (χ0v) is 11.4. The first kappa shape index (κ1) is 15.2. The predicted molar refractivity (Wildman–Crippen MR) is 66.9 cm³/mol. The Morgan fingerprint density at radius 1 is 1.23 bits per heavy atom. The number of hydrogen-bond acceptors (Lipinski definition) is 7. The number of carbonyl (C=O) groups excluding carboxylic acids is 5. The highest BCUT2D eigenvalue weighted by atomic mass is 16.5. The molecule has 0 radical (unpaired) electrons. The van der Waals surface area contributed by atoms with Crippen molar-refractivity contribution in [3.05, 3.63) is 24.2 Å². The van der Waals surface area contributed by atoms with Crippen LogP contribution in [0.5, 0.6) is 0 Å². The van der Waals surface area contributed by atoms with E-state index in [1.165, 1.54) is 12.3 Å². The van der Waals surface area contributed by atoms with Crippen molar-refractivity contribution in [2.45, 2.75) is 6.54 Å². The molecule has 0 spiro atoms. The number of nitrogens with one attached hydrogen (secondary N) is 1. The molecule has 1 aliphatic heterocycles. The maximum Gasteiger partial charge on any atom is 0.413 e. The van der Waals surface area contributed by atoms with Crippen LogP contribution < -0.4 is 5.32 Å². The number of imide groups is 3.